The van der Waals surface area contributed by atoms with Gasteiger partial charge in [0, 0.05) is 10.4 Å². The molecule has 0 aliphatic rings. The summed E-state index contributed by atoms with van der Waals surface area (Å²) in [6.45, 7) is 3.88. The predicted octanol–water partition coefficient (Wildman–Crippen LogP) is 4.53. The SMILES string of the molecule is Cc1ccc(-c2nc3sc(C)c(-c4ccccc4)c3c(=O)[nH]2)o1. The predicted molar refractivity (Wildman–Crippen MR) is 92.9 cm³/mol. The lowest BCUT2D eigenvalue weighted by Gasteiger charge is -2.01. The van der Waals surface area contributed by atoms with Gasteiger partial charge in [0.2, 0.25) is 0 Å². The molecule has 0 aliphatic carbocycles. The molecule has 1 aromatic carbocycles. The number of aromatic nitrogens is 2. The lowest BCUT2D eigenvalue weighted by atomic mass is 10.0. The summed E-state index contributed by atoms with van der Waals surface area (Å²) in [6, 6.07) is 13.6. The molecule has 1 N–H and O–H groups in total. The van der Waals surface area contributed by atoms with Crippen molar-refractivity contribution in [2.24, 2.45) is 0 Å². The van der Waals surface area contributed by atoms with Gasteiger partial charge in [-0.2, -0.15) is 0 Å². The normalized spacial score (nSPS) is 11.2. The molecule has 23 heavy (non-hydrogen) atoms. The Balaban J connectivity index is 1.99. The number of hydrogen-bond acceptors (Lipinski definition) is 4. The number of H-pyrrole nitrogens is 1. The van der Waals surface area contributed by atoms with E-state index in [9.17, 15) is 4.79 Å². The number of aryl methyl sites for hydroxylation is 2. The van der Waals surface area contributed by atoms with Crippen LogP contribution in [-0.2, 0) is 0 Å². The number of nitrogens with zero attached hydrogens (tertiary/aromatic N) is 1. The van der Waals surface area contributed by atoms with Gasteiger partial charge in [-0.15, -0.1) is 11.3 Å². The molecule has 114 valence electrons. The van der Waals surface area contributed by atoms with E-state index in [1.165, 1.54) is 11.3 Å². The maximum atomic E-state index is 12.7. The van der Waals surface area contributed by atoms with Crippen LogP contribution in [0, 0.1) is 13.8 Å². The Morgan fingerprint density at radius 3 is 2.57 bits per heavy atom. The Labute approximate surface area is 136 Å². The number of rotatable bonds is 2. The topological polar surface area (TPSA) is 58.9 Å². The molecule has 0 saturated heterocycles. The van der Waals surface area contributed by atoms with Gasteiger partial charge in [0.1, 0.15) is 10.6 Å². The number of benzene rings is 1. The smallest absolute Gasteiger partial charge is 0.260 e. The van der Waals surface area contributed by atoms with E-state index >= 15 is 0 Å². The summed E-state index contributed by atoms with van der Waals surface area (Å²) in [6.07, 6.45) is 0. The minimum Gasteiger partial charge on any atom is -0.458 e. The summed E-state index contributed by atoms with van der Waals surface area (Å²) in [4.78, 5) is 21.9. The van der Waals surface area contributed by atoms with Crippen molar-refractivity contribution < 1.29 is 4.42 Å². The van der Waals surface area contributed by atoms with E-state index in [4.69, 9.17) is 4.42 Å². The maximum Gasteiger partial charge on any atom is 0.260 e. The van der Waals surface area contributed by atoms with Gasteiger partial charge >= 0.3 is 0 Å². The average Bonchev–Trinajstić information content (AvgIpc) is 3.11. The highest BCUT2D eigenvalue weighted by molar-refractivity contribution is 7.19. The van der Waals surface area contributed by atoms with Gasteiger partial charge in [0.25, 0.3) is 5.56 Å². The van der Waals surface area contributed by atoms with Crippen molar-refractivity contribution in [3.63, 3.8) is 0 Å². The number of hydrogen-bond donors (Lipinski definition) is 1. The fourth-order valence-corrected chi connectivity index (χ4v) is 3.80. The molecule has 0 aliphatic heterocycles. The fraction of sp³-hybridized carbons (Fsp3) is 0.111. The Morgan fingerprint density at radius 1 is 1.09 bits per heavy atom. The second kappa shape index (κ2) is 5.21. The minimum absolute atomic E-state index is 0.137. The monoisotopic (exact) mass is 322 g/mol. The number of fused-ring (bicyclic) bond motifs is 1. The number of nitrogens with one attached hydrogen (secondary N) is 1. The van der Waals surface area contributed by atoms with Gasteiger partial charge in [0.15, 0.2) is 11.6 Å². The summed E-state index contributed by atoms with van der Waals surface area (Å²) in [7, 11) is 0. The molecule has 0 amide bonds. The van der Waals surface area contributed by atoms with E-state index in [0.717, 1.165) is 26.6 Å². The first-order valence-electron chi connectivity index (χ1n) is 7.29. The molecule has 0 bridgehead atoms. The second-order valence-corrected chi connectivity index (χ2v) is 6.61. The average molecular weight is 322 g/mol. The molecule has 0 unspecified atom stereocenters. The molecule has 3 aromatic heterocycles. The number of aromatic amines is 1. The molecule has 3 heterocycles. The fourth-order valence-electron chi connectivity index (χ4n) is 2.75. The molecular formula is C18H14N2O2S. The van der Waals surface area contributed by atoms with Crippen LogP contribution in [0.4, 0.5) is 0 Å². The van der Waals surface area contributed by atoms with Crippen molar-refractivity contribution in [2.75, 3.05) is 0 Å². The molecule has 0 radical (unpaired) electrons. The number of furan rings is 1. The van der Waals surface area contributed by atoms with E-state index in [1.54, 1.807) is 0 Å². The van der Waals surface area contributed by atoms with Crippen molar-refractivity contribution >= 4 is 21.6 Å². The lowest BCUT2D eigenvalue weighted by molar-refractivity contribution is 0.544. The van der Waals surface area contributed by atoms with Gasteiger partial charge in [-0.05, 0) is 31.5 Å². The van der Waals surface area contributed by atoms with Gasteiger partial charge in [-0.25, -0.2) is 4.98 Å². The highest BCUT2D eigenvalue weighted by Crippen LogP contribution is 2.36. The van der Waals surface area contributed by atoms with E-state index < -0.39 is 0 Å². The first-order chi connectivity index (χ1) is 11.1. The minimum atomic E-state index is -0.137. The highest BCUT2D eigenvalue weighted by Gasteiger charge is 2.17. The molecule has 4 nitrogen and oxygen atoms in total. The molecule has 4 rings (SSSR count). The summed E-state index contributed by atoms with van der Waals surface area (Å²) in [5.74, 6) is 1.83. The molecule has 5 heteroatoms. The Bertz CT molecular complexity index is 1060. The molecule has 0 atom stereocenters. The van der Waals surface area contributed by atoms with Crippen molar-refractivity contribution in [3.8, 4) is 22.7 Å². The van der Waals surface area contributed by atoms with E-state index in [1.807, 2.05) is 56.3 Å². The Hall–Kier alpha value is -2.66. The summed E-state index contributed by atoms with van der Waals surface area (Å²) >= 11 is 1.53. The first kappa shape index (κ1) is 14.0. The lowest BCUT2D eigenvalue weighted by Crippen LogP contribution is -2.08. The van der Waals surface area contributed by atoms with Crippen LogP contribution in [0.5, 0.6) is 0 Å². The van der Waals surface area contributed by atoms with E-state index in [-0.39, 0.29) is 5.56 Å². The Kier molecular flexibility index (Phi) is 3.16. The molecule has 0 saturated carbocycles. The van der Waals surface area contributed by atoms with Crippen molar-refractivity contribution in [3.05, 3.63) is 63.5 Å². The van der Waals surface area contributed by atoms with Crippen LogP contribution in [0.2, 0.25) is 0 Å². The zero-order valence-corrected chi connectivity index (χ0v) is 13.5. The van der Waals surface area contributed by atoms with Crippen LogP contribution in [0.15, 0.2) is 51.7 Å². The zero-order valence-electron chi connectivity index (χ0n) is 12.7. The van der Waals surface area contributed by atoms with Gasteiger partial charge < -0.3 is 9.40 Å². The van der Waals surface area contributed by atoms with Crippen LogP contribution in [0.1, 0.15) is 10.6 Å². The first-order valence-corrected chi connectivity index (χ1v) is 8.11. The third kappa shape index (κ3) is 2.29. The second-order valence-electron chi connectivity index (χ2n) is 5.40. The zero-order chi connectivity index (χ0) is 16.0. The third-order valence-corrected chi connectivity index (χ3v) is 4.77. The number of thiophene rings is 1. The van der Waals surface area contributed by atoms with Crippen molar-refractivity contribution in [1.82, 2.24) is 9.97 Å². The van der Waals surface area contributed by atoms with Crippen molar-refractivity contribution in [2.45, 2.75) is 13.8 Å². The summed E-state index contributed by atoms with van der Waals surface area (Å²) in [5, 5.41) is 0.644. The third-order valence-electron chi connectivity index (χ3n) is 3.77. The largest absolute Gasteiger partial charge is 0.458 e. The van der Waals surface area contributed by atoms with Crippen LogP contribution >= 0.6 is 11.3 Å². The highest BCUT2D eigenvalue weighted by atomic mass is 32.1. The van der Waals surface area contributed by atoms with Crippen LogP contribution in [0.3, 0.4) is 0 Å². The quantitative estimate of drug-likeness (QED) is 0.590. The molecule has 0 fully saturated rings. The van der Waals surface area contributed by atoms with Crippen molar-refractivity contribution in [1.29, 1.82) is 0 Å². The van der Waals surface area contributed by atoms with Gasteiger partial charge in [-0.3, -0.25) is 4.79 Å². The standard InChI is InChI=1S/C18H14N2O2S/c1-10-8-9-13(22-10)16-19-17(21)15-14(11(2)23-18(15)20-16)12-6-4-3-5-7-12/h3-9H,1-2H3,(H,19,20,21). The van der Waals surface area contributed by atoms with Gasteiger partial charge in [0.05, 0.1) is 5.39 Å². The van der Waals surface area contributed by atoms with Crippen LogP contribution in [-0.4, -0.2) is 9.97 Å². The molecule has 0 spiro atoms. The van der Waals surface area contributed by atoms with Crippen LogP contribution < -0.4 is 5.56 Å². The summed E-state index contributed by atoms with van der Waals surface area (Å²) < 4.78 is 5.57. The maximum absolute atomic E-state index is 12.7. The Morgan fingerprint density at radius 2 is 1.87 bits per heavy atom. The van der Waals surface area contributed by atoms with E-state index in [2.05, 4.69) is 9.97 Å². The van der Waals surface area contributed by atoms with Gasteiger partial charge in [-0.1, -0.05) is 30.3 Å². The molecule has 4 aromatic rings. The van der Waals surface area contributed by atoms with Crippen LogP contribution in [0.25, 0.3) is 32.9 Å². The summed E-state index contributed by atoms with van der Waals surface area (Å²) in [5.41, 5.74) is 1.86. The molecular weight excluding hydrogens is 308 g/mol. The van der Waals surface area contributed by atoms with E-state index in [0.29, 0.717) is 17.0 Å².